The van der Waals surface area contributed by atoms with Crippen molar-refractivity contribution in [2.75, 3.05) is 36.0 Å². The number of thiazole rings is 1. The summed E-state index contributed by atoms with van der Waals surface area (Å²) in [6, 6.07) is 3.24. The van der Waals surface area contributed by atoms with Crippen LogP contribution in [0, 0.1) is 6.92 Å². The fraction of sp³-hybridized carbons (Fsp3) is 0.357. The van der Waals surface area contributed by atoms with Gasteiger partial charge in [0.15, 0.2) is 5.13 Å². The molecular formula is C14H16N4O2S. The van der Waals surface area contributed by atoms with Crippen LogP contribution in [0.2, 0.25) is 0 Å². The van der Waals surface area contributed by atoms with E-state index in [0.717, 1.165) is 42.8 Å². The number of carbonyl (C=O) groups is 1. The van der Waals surface area contributed by atoms with E-state index in [1.165, 1.54) is 0 Å². The predicted octanol–water partition coefficient (Wildman–Crippen LogP) is 1.87. The summed E-state index contributed by atoms with van der Waals surface area (Å²) in [5.41, 5.74) is 1.02. The van der Waals surface area contributed by atoms with Crippen LogP contribution in [0.5, 0.6) is 0 Å². The lowest BCUT2D eigenvalue weighted by atomic mass is 10.2. The van der Waals surface area contributed by atoms with E-state index in [9.17, 15) is 4.79 Å². The van der Waals surface area contributed by atoms with E-state index in [0.29, 0.717) is 5.56 Å². The van der Waals surface area contributed by atoms with E-state index in [2.05, 4.69) is 19.8 Å². The van der Waals surface area contributed by atoms with Gasteiger partial charge in [-0.2, -0.15) is 0 Å². The Kier molecular flexibility index (Phi) is 3.74. The van der Waals surface area contributed by atoms with Gasteiger partial charge < -0.3 is 14.9 Å². The predicted molar refractivity (Wildman–Crippen MR) is 82.5 cm³/mol. The second-order valence-corrected chi connectivity index (χ2v) is 5.82. The van der Waals surface area contributed by atoms with Gasteiger partial charge in [0.25, 0.3) is 0 Å². The summed E-state index contributed by atoms with van der Waals surface area (Å²) >= 11 is 1.64. The molecule has 0 aliphatic carbocycles. The van der Waals surface area contributed by atoms with Crippen molar-refractivity contribution in [3.05, 3.63) is 35.0 Å². The lowest BCUT2D eigenvalue weighted by Gasteiger charge is -2.35. The standard InChI is InChI=1S/C14H16N4O2S/c1-10-8-11(13(19)20)9-12(16-10)17-3-5-18(6-4-17)14-15-2-7-21-14/h2,7-9H,3-6H2,1H3,(H,19,20). The molecule has 1 aliphatic heterocycles. The maximum Gasteiger partial charge on any atom is 0.335 e. The van der Waals surface area contributed by atoms with Crippen LogP contribution in [0.25, 0.3) is 0 Å². The molecule has 1 N–H and O–H groups in total. The first-order valence-electron chi connectivity index (χ1n) is 6.75. The lowest BCUT2D eigenvalue weighted by molar-refractivity contribution is 0.0696. The molecule has 6 nitrogen and oxygen atoms in total. The van der Waals surface area contributed by atoms with E-state index < -0.39 is 5.97 Å². The van der Waals surface area contributed by atoms with E-state index in [4.69, 9.17) is 5.11 Å². The molecule has 1 saturated heterocycles. The van der Waals surface area contributed by atoms with Crippen LogP contribution < -0.4 is 9.80 Å². The molecule has 0 saturated carbocycles. The van der Waals surface area contributed by atoms with Gasteiger partial charge in [-0.1, -0.05) is 0 Å². The summed E-state index contributed by atoms with van der Waals surface area (Å²) < 4.78 is 0. The summed E-state index contributed by atoms with van der Waals surface area (Å²) in [7, 11) is 0. The number of aromatic carboxylic acids is 1. The average Bonchev–Trinajstić information content (AvgIpc) is 3.01. The van der Waals surface area contributed by atoms with Gasteiger partial charge in [0, 0.05) is 43.4 Å². The van der Waals surface area contributed by atoms with Crippen LogP contribution in [0.1, 0.15) is 16.1 Å². The Morgan fingerprint density at radius 2 is 1.95 bits per heavy atom. The zero-order valence-electron chi connectivity index (χ0n) is 11.7. The molecule has 0 amide bonds. The van der Waals surface area contributed by atoms with Crippen molar-refractivity contribution in [1.82, 2.24) is 9.97 Å². The molecule has 0 bridgehead atoms. The SMILES string of the molecule is Cc1cc(C(=O)O)cc(N2CCN(c3nccs3)CC2)n1. The highest BCUT2D eigenvalue weighted by atomic mass is 32.1. The molecule has 1 fully saturated rings. The second kappa shape index (κ2) is 5.69. The molecule has 0 aromatic carbocycles. The first kappa shape index (κ1) is 13.8. The van der Waals surface area contributed by atoms with Gasteiger partial charge in [0.05, 0.1) is 5.56 Å². The highest BCUT2D eigenvalue weighted by molar-refractivity contribution is 7.13. The molecule has 3 rings (SSSR count). The van der Waals surface area contributed by atoms with Crippen LogP contribution in [0.4, 0.5) is 10.9 Å². The maximum absolute atomic E-state index is 11.1. The van der Waals surface area contributed by atoms with Crippen LogP contribution in [0.15, 0.2) is 23.7 Å². The molecule has 2 aromatic rings. The minimum absolute atomic E-state index is 0.292. The number of rotatable bonds is 3. The minimum atomic E-state index is -0.914. The molecule has 0 spiro atoms. The van der Waals surface area contributed by atoms with Crippen molar-refractivity contribution in [3.63, 3.8) is 0 Å². The average molecular weight is 304 g/mol. The first-order chi connectivity index (χ1) is 10.1. The minimum Gasteiger partial charge on any atom is -0.478 e. The largest absolute Gasteiger partial charge is 0.478 e. The van der Waals surface area contributed by atoms with Crippen molar-refractivity contribution in [2.45, 2.75) is 6.92 Å². The number of aryl methyl sites for hydroxylation is 1. The zero-order valence-corrected chi connectivity index (χ0v) is 12.5. The Labute approximate surface area is 126 Å². The molecular weight excluding hydrogens is 288 g/mol. The number of nitrogens with zero attached hydrogens (tertiary/aromatic N) is 4. The summed E-state index contributed by atoms with van der Waals surface area (Å²) in [6.07, 6.45) is 1.81. The normalized spacial score (nSPS) is 15.3. The van der Waals surface area contributed by atoms with Gasteiger partial charge in [-0.15, -0.1) is 11.3 Å². The van der Waals surface area contributed by atoms with Gasteiger partial charge >= 0.3 is 5.97 Å². The van der Waals surface area contributed by atoms with Gasteiger partial charge in [-0.05, 0) is 19.1 Å². The van der Waals surface area contributed by atoms with Crippen molar-refractivity contribution >= 4 is 28.3 Å². The van der Waals surface area contributed by atoms with Crippen LogP contribution in [0.3, 0.4) is 0 Å². The third kappa shape index (κ3) is 2.97. The van der Waals surface area contributed by atoms with E-state index >= 15 is 0 Å². The quantitative estimate of drug-likeness (QED) is 0.933. The van der Waals surface area contributed by atoms with Gasteiger partial charge in [0.1, 0.15) is 5.82 Å². The van der Waals surface area contributed by atoms with Crippen molar-refractivity contribution < 1.29 is 9.90 Å². The Hall–Kier alpha value is -2.15. The fourth-order valence-corrected chi connectivity index (χ4v) is 3.13. The van der Waals surface area contributed by atoms with E-state index in [1.54, 1.807) is 23.5 Å². The highest BCUT2D eigenvalue weighted by Gasteiger charge is 2.20. The highest BCUT2D eigenvalue weighted by Crippen LogP contribution is 2.22. The van der Waals surface area contributed by atoms with Gasteiger partial charge in [-0.25, -0.2) is 14.8 Å². The Morgan fingerprint density at radius 1 is 1.24 bits per heavy atom. The summed E-state index contributed by atoms with van der Waals surface area (Å²) in [4.78, 5) is 24.3. The second-order valence-electron chi connectivity index (χ2n) is 4.95. The number of hydrogen-bond acceptors (Lipinski definition) is 6. The Morgan fingerprint density at radius 3 is 2.57 bits per heavy atom. The molecule has 0 radical (unpaired) electrons. The maximum atomic E-state index is 11.1. The van der Waals surface area contributed by atoms with Gasteiger partial charge in [-0.3, -0.25) is 0 Å². The molecule has 21 heavy (non-hydrogen) atoms. The number of piperazine rings is 1. The summed E-state index contributed by atoms with van der Waals surface area (Å²) in [6.45, 7) is 5.18. The molecule has 0 unspecified atom stereocenters. The number of carboxylic acid groups (broad SMARTS) is 1. The molecule has 7 heteroatoms. The van der Waals surface area contributed by atoms with Crippen LogP contribution in [-0.4, -0.2) is 47.2 Å². The third-order valence-electron chi connectivity index (χ3n) is 3.48. The summed E-state index contributed by atoms with van der Waals surface area (Å²) in [5.74, 6) is -0.172. The van der Waals surface area contributed by atoms with E-state index in [1.807, 2.05) is 18.5 Å². The van der Waals surface area contributed by atoms with E-state index in [-0.39, 0.29) is 0 Å². The smallest absolute Gasteiger partial charge is 0.335 e. The van der Waals surface area contributed by atoms with Crippen molar-refractivity contribution in [1.29, 1.82) is 0 Å². The number of carboxylic acids is 1. The number of pyridine rings is 1. The summed E-state index contributed by atoms with van der Waals surface area (Å²) in [5, 5.41) is 12.2. The number of aromatic nitrogens is 2. The third-order valence-corrected chi connectivity index (χ3v) is 4.31. The zero-order chi connectivity index (χ0) is 14.8. The monoisotopic (exact) mass is 304 g/mol. The number of hydrogen-bond donors (Lipinski definition) is 1. The number of anilines is 2. The van der Waals surface area contributed by atoms with Crippen molar-refractivity contribution in [2.24, 2.45) is 0 Å². The molecule has 3 heterocycles. The first-order valence-corrected chi connectivity index (χ1v) is 7.63. The molecule has 110 valence electrons. The van der Waals surface area contributed by atoms with Crippen LogP contribution in [-0.2, 0) is 0 Å². The Balaban J connectivity index is 1.73. The van der Waals surface area contributed by atoms with Crippen molar-refractivity contribution in [3.8, 4) is 0 Å². The molecule has 2 aromatic heterocycles. The van der Waals surface area contributed by atoms with Gasteiger partial charge in [0.2, 0.25) is 0 Å². The fourth-order valence-electron chi connectivity index (χ4n) is 2.44. The van der Waals surface area contributed by atoms with Crippen LogP contribution >= 0.6 is 11.3 Å². The lowest BCUT2D eigenvalue weighted by Crippen LogP contribution is -2.46. The Bertz CT molecular complexity index is 636. The molecule has 0 atom stereocenters. The molecule has 1 aliphatic rings. The topological polar surface area (TPSA) is 69.6 Å².